The predicted molar refractivity (Wildman–Crippen MR) is 139 cm³/mol. The molecule has 0 saturated heterocycles. The van der Waals surface area contributed by atoms with E-state index in [9.17, 15) is 13.2 Å². The molecule has 1 N–H and O–H groups in total. The van der Waals surface area contributed by atoms with Crippen LogP contribution in [0.3, 0.4) is 0 Å². The Hall–Kier alpha value is -3.12. The van der Waals surface area contributed by atoms with Crippen LogP contribution >= 0.6 is 0 Å². The predicted octanol–water partition coefficient (Wildman–Crippen LogP) is 5.67. The average molecular weight is 479 g/mol. The largest absolute Gasteiger partial charge is 0.348 e. The Labute approximate surface area is 203 Å². The highest BCUT2D eigenvalue weighted by atomic mass is 32.2. The first-order valence-electron chi connectivity index (χ1n) is 11.4. The molecule has 0 aromatic heterocycles. The minimum Gasteiger partial charge on any atom is -0.348 e. The second-order valence-corrected chi connectivity index (χ2v) is 11.7. The minimum atomic E-state index is -3.93. The van der Waals surface area contributed by atoms with E-state index >= 15 is 0 Å². The quantitative estimate of drug-likeness (QED) is 0.475. The number of amides is 1. The maximum absolute atomic E-state index is 13.5. The molecule has 6 heteroatoms. The molecule has 3 aromatic carbocycles. The first kappa shape index (κ1) is 25.5. The first-order chi connectivity index (χ1) is 15.9. The van der Waals surface area contributed by atoms with Gasteiger partial charge in [0.2, 0.25) is 5.91 Å². The van der Waals surface area contributed by atoms with Gasteiger partial charge in [-0.1, -0.05) is 74.9 Å². The summed E-state index contributed by atoms with van der Waals surface area (Å²) in [4.78, 5) is 13.2. The molecule has 34 heavy (non-hydrogen) atoms. The molecule has 0 fully saturated rings. The fraction of sp³-hybridized carbons (Fsp3) is 0.321. The minimum absolute atomic E-state index is 0.0453. The third-order valence-electron chi connectivity index (χ3n) is 5.84. The van der Waals surface area contributed by atoms with Gasteiger partial charge >= 0.3 is 0 Å². The Morgan fingerprint density at radius 3 is 2.09 bits per heavy atom. The first-order valence-corrected chi connectivity index (χ1v) is 12.9. The number of rotatable bonds is 7. The third-order valence-corrected chi connectivity index (χ3v) is 7.63. The van der Waals surface area contributed by atoms with Crippen LogP contribution in [-0.4, -0.2) is 20.9 Å². The Balaban J connectivity index is 1.85. The van der Waals surface area contributed by atoms with E-state index in [1.54, 1.807) is 42.5 Å². The third kappa shape index (κ3) is 6.06. The second-order valence-electron chi connectivity index (χ2n) is 9.82. The van der Waals surface area contributed by atoms with Crippen molar-refractivity contribution >= 4 is 21.6 Å². The molecule has 1 amide bonds. The molecule has 0 aliphatic heterocycles. The van der Waals surface area contributed by atoms with E-state index in [0.29, 0.717) is 5.69 Å². The van der Waals surface area contributed by atoms with Crippen molar-refractivity contribution in [1.82, 2.24) is 5.32 Å². The lowest BCUT2D eigenvalue weighted by Crippen LogP contribution is -2.41. The van der Waals surface area contributed by atoms with Gasteiger partial charge in [0.05, 0.1) is 16.6 Å². The molecular formula is C28H34N2O3S. The lowest BCUT2D eigenvalue weighted by atomic mass is 9.86. The van der Waals surface area contributed by atoms with Crippen LogP contribution in [0.1, 0.15) is 56.0 Å². The number of anilines is 1. The highest BCUT2D eigenvalue weighted by molar-refractivity contribution is 7.92. The number of nitrogens with one attached hydrogen (secondary N) is 1. The second kappa shape index (κ2) is 10.0. The Morgan fingerprint density at radius 1 is 0.912 bits per heavy atom. The van der Waals surface area contributed by atoms with Crippen molar-refractivity contribution in [2.24, 2.45) is 0 Å². The van der Waals surface area contributed by atoms with Crippen molar-refractivity contribution in [1.29, 1.82) is 0 Å². The number of nitrogens with zero attached hydrogens (tertiary/aromatic N) is 1. The fourth-order valence-corrected chi connectivity index (χ4v) is 5.12. The molecule has 1 unspecified atom stereocenters. The molecule has 0 aliphatic rings. The van der Waals surface area contributed by atoms with Crippen molar-refractivity contribution < 1.29 is 13.2 Å². The summed E-state index contributed by atoms with van der Waals surface area (Å²) in [6.45, 7) is 11.8. The summed E-state index contributed by atoms with van der Waals surface area (Å²) >= 11 is 0. The number of benzene rings is 3. The van der Waals surface area contributed by atoms with Gasteiger partial charge in [-0.2, -0.15) is 0 Å². The standard InChI is InChI=1S/C28H34N2O3S/c1-20-10-16-26(17-11-20)34(32,33)30(25-9-7-8-21(2)18-25)19-27(31)29-22(3)23-12-14-24(15-13-23)28(4,5)6/h7-18,22H,19H2,1-6H3,(H,29,31). The van der Waals surface area contributed by atoms with E-state index in [4.69, 9.17) is 0 Å². The van der Waals surface area contributed by atoms with Gasteiger partial charge in [0, 0.05) is 0 Å². The summed E-state index contributed by atoms with van der Waals surface area (Å²) in [5, 5.41) is 2.96. The van der Waals surface area contributed by atoms with Crippen LogP contribution in [0, 0.1) is 13.8 Å². The van der Waals surface area contributed by atoms with Crippen LogP contribution in [0.25, 0.3) is 0 Å². The zero-order valence-corrected chi connectivity index (χ0v) is 21.6. The number of sulfonamides is 1. The number of hydrogen-bond donors (Lipinski definition) is 1. The molecule has 3 aromatic rings. The van der Waals surface area contributed by atoms with E-state index < -0.39 is 10.0 Å². The lowest BCUT2D eigenvalue weighted by molar-refractivity contribution is -0.120. The normalized spacial score (nSPS) is 12.8. The number of aryl methyl sites for hydroxylation is 2. The molecule has 0 radical (unpaired) electrons. The van der Waals surface area contributed by atoms with E-state index in [0.717, 1.165) is 16.7 Å². The van der Waals surface area contributed by atoms with Gasteiger partial charge in [0.15, 0.2) is 0 Å². The van der Waals surface area contributed by atoms with Gasteiger partial charge in [-0.15, -0.1) is 0 Å². The summed E-state index contributed by atoms with van der Waals surface area (Å²) in [5.74, 6) is -0.371. The van der Waals surface area contributed by atoms with Crippen molar-refractivity contribution in [2.45, 2.75) is 57.9 Å². The molecule has 180 valence electrons. The summed E-state index contributed by atoms with van der Waals surface area (Å²) in [6, 6.07) is 21.7. The number of carbonyl (C=O) groups is 1. The zero-order chi connectivity index (χ0) is 25.1. The van der Waals surface area contributed by atoms with E-state index in [-0.39, 0.29) is 28.8 Å². The van der Waals surface area contributed by atoms with E-state index in [2.05, 4.69) is 38.2 Å². The molecule has 0 heterocycles. The van der Waals surface area contributed by atoms with Crippen molar-refractivity contribution in [2.75, 3.05) is 10.8 Å². The van der Waals surface area contributed by atoms with Crippen molar-refractivity contribution in [3.63, 3.8) is 0 Å². The molecule has 0 saturated carbocycles. The van der Waals surface area contributed by atoms with Gasteiger partial charge in [-0.05, 0) is 67.1 Å². The Morgan fingerprint density at radius 2 is 1.53 bits per heavy atom. The van der Waals surface area contributed by atoms with E-state index in [1.165, 1.54) is 9.87 Å². The monoisotopic (exact) mass is 478 g/mol. The number of carbonyl (C=O) groups excluding carboxylic acids is 1. The molecule has 0 spiro atoms. The van der Waals surface area contributed by atoms with E-state index in [1.807, 2.05) is 39.0 Å². The average Bonchev–Trinajstić information content (AvgIpc) is 2.77. The summed E-state index contributed by atoms with van der Waals surface area (Å²) in [5.41, 5.74) is 4.55. The van der Waals surface area contributed by atoms with Crippen LogP contribution in [0.5, 0.6) is 0 Å². The highest BCUT2D eigenvalue weighted by Gasteiger charge is 2.28. The topological polar surface area (TPSA) is 66.5 Å². The summed E-state index contributed by atoms with van der Waals surface area (Å²) < 4.78 is 28.2. The van der Waals surface area contributed by atoms with Gasteiger partial charge in [0.25, 0.3) is 10.0 Å². The molecule has 1 atom stereocenters. The molecule has 0 aliphatic carbocycles. The maximum Gasteiger partial charge on any atom is 0.264 e. The smallest absolute Gasteiger partial charge is 0.264 e. The summed E-state index contributed by atoms with van der Waals surface area (Å²) in [7, 11) is -3.93. The van der Waals surface area contributed by atoms with Gasteiger partial charge in [-0.3, -0.25) is 9.10 Å². The lowest BCUT2D eigenvalue weighted by Gasteiger charge is -2.26. The van der Waals surface area contributed by atoms with Crippen molar-refractivity contribution in [3.8, 4) is 0 Å². The van der Waals surface area contributed by atoms with Gasteiger partial charge in [0.1, 0.15) is 6.54 Å². The SMILES string of the molecule is Cc1ccc(S(=O)(=O)N(CC(=O)NC(C)c2ccc(C(C)(C)C)cc2)c2cccc(C)c2)cc1. The molecule has 3 rings (SSSR count). The van der Waals surface area contributed by atoms with Crippen LogP contribution < -0.4 is 9.62 Å². The summed E-state index contributed by atoms with van der Waals surface area (Å²) in [6.07, 6.45) is 0. The van der Waals surface area contributed by atoms with Gasteiger partial charge < -0.3 is 5.32 Å². The fourth-order valence-electron chi connectivity index (χ4n) is 3.71. The number of hydrogen-bond acceptors (Lipinski definition) is 3. The van der Waals surface area contributed by atoms with Crippen LogP contribution in [0.15, 0.2) is 77.7 Å². The molecule has 5 nitrogen and oxygen atoms in total. The molecular weight excluding hydrogens is 444 g/mol. The Kier molecular flexibility index (Phi) is 7.51. The van der Waals surface area contributed by atoms with Crippen LogP contribution in [0.2, 0.25) is 0 Å². The van der Waals surface area contributed by atoms with Crippen molar-refractivity contribution in [3.05, 3.63) is 95.1 Å². The molecule has 0 bridgehead atoms. The maximum atomic E-state index is 13.5. The zero-order valence-electron chi connectivity index (χ0n) is 20.8. The van der Waals surface area contributed by atoms with Crippen LogP contribution in [0.4, 0.5) is 5.69 Å². The Bertz CT molecular complexity index is 1240. The van der Waals surface area contributed by atoms with Gasteiger partial charge in [-0.25, -0.2) is 8.42 Å². The van der Waals surface area contributed by atoms with Crippen LogP contribution in [-0.2, 0) is 20.2 Å². The highest BCUT2D eigenvalue weighted by Crippen LogP contribution is 2.26.